The molecule has 0 bridgehead atoms. The fourth-order valence-electron chi connectivity index (χ4n) is 1.97. The van der Waals surface area contributed by atoms with Crippen molar-refractivity contribution in [3.8, 4) is 17.2 Å². The maximum atomic E-state index is 10.7. The third kappa shape index (κ3) is 2.74. The van der Waals surface area contributed by atoms with E-state index in [4.69, 9.17) is 14.2 Å². The molecule has 4 heteroatoms. The molecular formula is C16H14O4. The Balaban J connectivity index is 1.70. The Morgan fingerprint density at radius 2 is 2.00 bits per heavy atom. The van der Waals surface area contributed by atoms with Gasteiger partial charge >= 0.3 is 0 Å². The van der Waals surface area contributed by atoms with Gasteiger partial charge in [0.1, 0.15) is 19.0 Å². The fourth-order valence-corrected chi connectivity index (χ4v) is 1.97. The van der Waals surface area contributed by atoms with E-state index in [9.17, 15) is 4.79 Å². The van der Waals surface area contributed by atoms with E-state index >= 15 is 0 Å². The Morgan fingerprint density at radius 3 is 2.80 bits per heavy atom. The Hall–Kier alpha value is -2.49. The lowest BCUT2D eigenvalue weighted by Gasteiger charge is -2.23. The summed E-state index contributed by atoms with van der Waals surface area (Å²) in [4.78, 5) is 10.7. The maximum absolute atomic E-state index is 10.7. The van der Waals surface area contributed by atoms with E-state index in [0.29, 0.717) is 23.9 Å². The van der Waals surface area contributed by atoms with Crippen LogP contribution in [0.5, 0.6) is 17.2 Å². The van der Waals surface area contributed by atoms with Crippen molar-refractivity contribution in [2.24, 2.45) is 0 Å². The van der Waals surface area contributed by atoms with Gasteiger partial charge in [0.15, 0.2) is 23.9 Å². The minimum Gasteiger partial charge on any atom is -0.489 e. The molecule has 2 aromatic carbocycles. The van der Waals surface area contributed by atoms with Gasteiger partial charge in [0.25, 0.3) is 0 Å². The molecule has 1 heterocycles. The van der Waals surface area contributed by atoms with Crippen molar-refractivity contribution in [2.75, 3.05) is 6.61 Å². The van der Waals surface area contributed by atoms with Crippen LogP contribution in [0.4, 0.5) is 0 Å². The first-order valence-electron chi connectivity index (χ1n) is 6.40. The van der Waals surface area contributed by atoms with Gasteiger partial charge in [0, 0.05) is 6.07 Å². The molecule has 1 unspecified atom stereocenters. The average molecular weight is 270 g/mol. The zero-order chi connectivity index (χ0) is 13.8. The number of carbonyl (C=O) groups is 1. The monoisotopic (exact) mass is 270 g/mol. The van der Waals surface area contributed by atoms with Gasteiger partial charge in [-0.1, -0.05) is 30.3 Å². The van der Waals surface area contributed by atoms with Crippen molar-refractivity contribution in [2.45, 2.75) is 12.7 Å². The number of benzene rings is 2. The van der Waals surface area contributed by atoms with Gasteiger partial charge < -0.3 is 14.2 Å². The Kier molecular flexibility index (Phi) is 3.54. The van der Waals surface area contributed by atoms with Gasteiger partial charge in [-0.2, -0.15) is 0 Å². The summed E-state index contributed by atoms with van der Waals surface area (Å²) in [5, 5.41) is 0. The van der Waals surface area contributed by atoms with Gasteiger partial charge in [-0.25, -0.2) is 0 Å². The highest BCUT2D eigenvalue weighted by Gasteiger charge is 2.20. The van der Waals surface area contributed by atoms with Gasteiger partial charge in [-0.15, -0.1) is 0 Å². The molecule has 0 saturated carbocycles. The normalized spacial score (nSPS) is 16.5. The summed E-state index contributed by atoms with van der Waals surface area (Å²) in [6.45, 7) is 0.734. The zero-order valence-electron chi connectivity index (χ0n) is 10.8. The van der Waals surface area contributed by atoms with Crippen molar-refractivity contribution in [3.63, 3.8) is 0 Å². The van der Waals surface area contributed by atoms with E-state index in [1.54, 1.807) is 12.1 Å². The molecule has 1 aliphatic heterocycles. The number of rotatable bonds is 4. The Bertz CT molecular complexity index is 595. The second-order valence-corrected chi connectivity index (χ2v) is 4.49. The van der Waals surface area contributed by atoms with E-state index in [2.05, 4.69) is 0 Å². The zero-order valence-corrected chi connectivity index (χ0v) is 10.8. The summed E-state index contributed by atoms with van der Waals surface area (Å²) in [6, 6.07) is 15.3. The molecule has 0 spiro atoms. The van der Waals surface area contributed by atoms with Crippen LogP contribution in [-0.2, 0) is 11.4 Å². The van der Waals surface area contributed by atoms with Crippen molar-refractivity contribution >= 4 is 6.29 Å². The molecule has 0 radical (unpaired) electrons. The lowest BCUT2D eigenvalue weighted by atomic mass is 10.2. The van der Waals surface area contributed by atoms with Crippen LogP contribution in [0.1, 0.15) is 5.56 Å². The minimum absolute atomic E-state index is 0.251. The van der Waals surface area contributed by atoms with Crippen molar-refractivity contribution in [3.05, 3.63) is 54.1 Å². The second kappa shape index (κ2) is 5.65. The summed E-state index contributed by atoms with van der Waals surface area (Å²) in [5.41, 5.74) is 1.09. The predicted octanol–water partition coefficient (Wildman–Crippen LogP) is 2.60. The van der Waals surface area contributed by atoms with Crippen molar-refractivity contribution < 1.29 is 19.0 Å². The molecule has 0 aliphatic carbocycles. The molecule has 0 aromatic heterocycles. The van der Waals surface area contributed by atoms with Crippen LogP contribution < -0.4 is 14.2 Å². The van der Waals surface area contributed by atoms with Gasteiger partial charge in [0.2, 0.25) is 0 Å². The van der Waals surface area contributed by atoms with Crippen LogP contribution in [-0.4, -0.2) is 19.0 Å². The highest BCUT2D eigenvalue weighted by Crippen LogP contribution is 2.35. The van der Waals surface area contributed by atoms with Gasteiger partial charge in [-0.3, -0.25) is 4.79 Å². The molecule has 0 amide bonds. The number of hydrogen-bond donors (Lipinski definition) is 0. The average Bonchev–Trinajstić information content (AvgIpc) is 2.53. The van der Waals surface area contributed by atoms with Gasteiger partial charge in [-0.05, 0) is 17.7 Å². The lowest BCUT2D eigenvalue weighted by molar-refractivity contribution is -0.115. The fraction of sp³-hybridized carbons (Fsp3) is 0.188. The van der Waals surface area contributed by atoms with E-state index in [1.807, 2.05) is 36.4 Å². The Morgan fingerprint density at radius 1 is 1.15 bits per heavy atom. The highest BCUT2D eigenvalue weighted by atomic mass is 16.6. The largest absolute Gasteiger partial charge is 0.489 e. The SMILES string of the molecule is O=CC1COc2ccc(OCc3ccccc3)cc2O1. The number of aldehydes is 1. The number of carbonyl (C=O) groups excluding carboxylic acids is 1. The van der Waals surface area contributed by atoms with Crippen LogP contribution in [0.2, 0.25) is 0 Å². The lowest BCUT2D eigenvalue weighted by Crippen LogP contribution is -2.30. The molecule has 0 N–H and O–H groups in total. The van der Waals surface area contributed by atoms with Crippen LogP contribution >= 0.6 is 0 Å². The van der Waals surface area contributed by atoms with Crippen molar-refractivity contribution in [1.82, 2.24) is 0 Å². The van der Waals surface area contributed by atoms with Crippen LogP contribution in [0.3, 0.4) is 0 Å². The second-order valence-electron chi connectivity index (χ2n) is 4.49. The standard InChI is InChI=1S/C16H14O4/c17-9-14-11-19-15-7-6-13(8-16(15)20-14)18-10-12-4-2-1-3-5-12/h1-9,14H,10-11H2. The van der Waals surface area contributed by atoms with Crippen LogP contribution in [0, 0.1) is 0 Å². The highest BCUT2D eigenvalue weighted by molar-refractivity contribution is 5.59. The van der Waals surface area contributed by atoms with E-state index < -0.39 is 6.10 Å². The van der Waals surface area contributed by atoms with Crippen LogP contribution in [0.15, 0.2) is 48.5 Å². The van der Waals surface area contributed by atoms with E-state index in [-0.39, 0.29) is 6.61 Å². The number of fused-ring (bicyclic) bond motifs is 1. The molecule has 2 aromatic rings. The smallest absolute Gasteiger partial charge is 0.187 e. The maximum Gasteiger partial charge on any atom is 0.187 e. The third-order valence-electron chi connectivity index (χ3n) is 3.00. The number of hydrogen-bond acceptors (Lipinski definition) is 4. The number of ether oxygens (including phenoxy) is 3. The third-order valence-corrected chi connectivity index (χ3v) is 3.00. The molecular weight excluding hydrogens is 256 g/mol. The molecule has 102 valence electrons. The van der Waals surface area contributed by atoms with Crippen molar-refractivity contribution in [1.29, 1.82) is 0 Å². The summed E-state index contributed by atoms with van der Waals surface area (Å²) >= 11 is 0. The summed E-state index contributed by atoms with van der Waals surface area (Å²) < 4.78 is 16.6. The van der Waals surface area contributed by atoms with Crippen LogP contribution in [0.25, 0.3) is 0 Å². The topological polar surface area (TPSA) is 44.8 Å². The molecule has 4 nitrogen and oxygen atoms in total. The molecule has 0 saturated heterocycles. The Labute approximate surface area is 116 Å². The quantitative estimate of drug-likeness (QED) is 0.801. The summed E-state index contributed by atoms with van der Waals surface area (Å²) in [5.74, 6) is 1.86. The molecule has 20 heavy (non-hydrogen) atoms. The molecule has 3 rings (SSSR count). The predicted molar refractivity (Wildman–Crippen MR) is 73.2 cm³/mol. The first-order valence-corrected chi connectivity index (χ1v) is 6.40. The minimum atomic E-state index is -0.549. The van der Waals surface area contributed by atoms with E-state index in [0.717, 1.165) is 11.8 Å². The molecule has 0 fully saturated rings. The first-order chi connectivity index (χ1) is 9.85. The summed E-state index contributed by atoms with van der Waals surface area (Å²) in [7, 11) is 0. The molecule has 1 atom stereocenters. The summed E-state index contributed by atoms with van der Waals surface area (Å²) in [6.07, 6.45) is 0.187. The molecule has 1 aliphatic rings. The van der Waals surface area contributed by atoms with Gasteiger partial charge in [0.05, 0.1) is 0 Å². The van der Waals surface area contributed by atoms with E-state index in [1.165, 1.54) is 0 Å². The first kappa shape index (κ1) is 12.5.